The number of carbonyl (C=O) groups excluding carboxylic acids is 1. The van der Waals surface area contributed by atoms with Gasteiger partial charge in [0.1, 0.15) is 0 Å². The predicted molar refractivity (Wildman–Crippen MR) is 91.1 cm³/mol. The maximum Gasteiger partial charge on any atom is 0.331 e. The van der Waals surface area contributed by atoms with E-state index in [1.165, 1.54) is 4.31 Å². The number of carbonyl (C=O) groups is 1. The Kier molecular flexibility index (Phi) is 6.16. The monoisotopic (exact) mass is 336 g/mol. The van der Waals surface area contributed by atoms with Crippen LogP contribution >= 0.6 is 12.8 Å². The maximum atomic E-state index is 12.1. The van der Waals surface area contributed by atoms with E-state index in [1.54, 1.807) is 44.9 Å². The summed E-state index contributed by atoms with van der Waals surface area (Å²) in [5.74, 6) is 1.16. The summed E-state index contributed by atoms with van der Waals surface area (Å²) in [6.07, 6.45) is 6.13. The standard InChI is InChI=1S/C15H20N4O3S/c1-21-13-5-4-12(10-14(13)22-2)17-15(20)19(23)8-3-7-18-9-6-16-11-18/h4-6,9-11,23H,3,7-8H2,1-2H3,(H,17,20). The molecule has 0 spiro atoms. The first-order valence-corrected chi connectivity index (χ1v) is 7.49. The van der Waals surface area contributed by atoms with E-state index in [4.69, 9.17) is 9.47 Å². The highest BCUT2D eigenvalue weighted by Crippen LogP contribution is 2.29. The van der Waals surface area contributed by atoms with Crippen LogP contribution in [0, 0.1) is 0 Å². The average Bonchev–Trinajstić information content (AvgIpc) is 3.07. The summed E-state index contributed by atoms with van der Waals surface area (Å²) in [4.78, 5) is 16.1. The summed E-state index contributed by atoms with van der Waals surface area (Å²) in [5, 5.41) is 2.77. The Morgan fingerprint density at radius 1 is 1.35 bits per heavy atom. The highest BCUT2D eigenvalue weighted by atomic mass is 32.1. The van der Waals surface area contributed by atoms with Gasteiger partial charge in [0.05, 0.1) is 20.5 Å². The van der Waals surface area contributed by atoms with Crippen LogP contribution < -0.4 is 14.8 Å². The minimum absolute atomic E-state index is 0.300. The molecule has 0 atom stereocenters. The van der Waals surface area contributed by atoms with Crippen molar-refractivity contribution in [3.8, 4) is 11.5 Å². The number of benzene rings is 1. The van der Waals surface area contributed by atoms with Crippen molar-refractivity contribution in [1.82, 2.24) is 13.9 Å². The molecule has 1 N–H and O–H groups in total. The van der Waals surface area contributed by atoms with Crippen LogP contribution in [0.4, 0.5) is 10.5 Å². The van der Waals surface area contributed by atoms with Crippen molar-refractivity contribution < 1.29 is 14.3 Å². The molecule has 0 fully saturated rings. The molecular formula is C15H20N4O3S. The lowest BCUT2D eigenvalue weighted by Crippen LogP contribution is -2.28. The first-order valence-electron chi connectivity index (χ1n) is 7.09. The van der Waals surface area contributed by atoms with Crippen molar-refractivity contribution >= 4 is 24.5 Å². The van der Waals surface area contributed by atoms with Crippen LogP contribution in [-0.4, -0.2) is 40.7 Å². The Balaban J connectivity index is 1.85. The number of amides is 2. The molecule has 1 aromatic heterocycles. The Bertz CT molecular complexity index is 634. The smallest absolute Gasteiger partial charge is 0.331 e. The first-order chi connectivity index (χ1) is 11.1. The molecule has 0 bridgehead atoms. The zero-order chi connectivity index (χ0) is 16.7. The van der Waals surface area contributed by atoms with Gasteiger partial charge in [-0.1, -0.05) is 12.8 Å². The second-order valence-electron chi connectivity index (χ2n) is 4.78. The molecule has 0 aliphatic carbocycles. The van der Waals surface area contributed by atoms with E-state index < -0.39 is 0 Å². The molecule has 8 heteroatoms. The van der Waals surface area contributed by atoms with E-state index in [9.17, 15) is 4.79 Å². The molecular weight excluding hydrogens is 316 g/mol. The third-order valence-electron chi connectivity index (χ3n) is 3.21. The van der Waals surface area contributed by atoms with Crippen LogP contribution in [0.25, 0.3) is 0 Å². The Labute approximate surface area is 140 Å². The van der Waals surface area contributed by atoms with Crippen LogP contribution in [0.3, 0.4) is 0 Å². The van der Waals surface area contributed by atoms with E-state index in [0.29, 0.717) is 23.7 Å². The number of urea groups is 1. The number of nitrogens with zero attached hydrogens (tertiary/aromatic N) is 3. The molecule has 7 nitrogen and oxygen atoms in total. The van der Waals surface area contributed by atoms with Gasteiger partial charge in [0.25, 0.3) is 0 Å². The lowest BCUT2D eigenvalue weighted by Gasteiger charge is -2.17. The highest BCUT2D eigenvalue weighted by Gasteiger charge is 2.11. The van der Waals surface area contributed by atoms with Gasteiger partial charge < -0.3 is 19.4 Å². The van der Waals surface area contributed by atoms with E-state index >= 15 is 0 Å². The van der Waals surface area contributed by atoms with Crippen LogP contribution in [0.15, 0.2) is 36.9 Å². The summed E-state index contributed by atoms with van der Waals surface area (Å²) >= 11 is 4.21. The van der Waals surface area contributed by atoms with Gasteiger partial charge in [0, 0.05) is 37.2 Å². The van der Waals surface area contributed by atoms with Crippen LogP contribution in [0.1, 0.15) is 6.42 Å². The van der Waals surface area contributed by atoms with Gasteiger partial charge in [-0.05, 0) is 18.6 Å². The molecule has 23 heavy (non-hydrogen) atoms. The van der Waals surface area contributed by atoms with Gasteiger partial charge in [-0.2, -0.15) is 0 Å². The largest absolute Gasteiger partial charge is 0.493 e. The molecule has 0 saturated heterocycles. The van der Waals surface area contributed by atoms with Gasteiger partial charge in [-0.3, -0.25) is 4.31 Å². The number of methoxy groups -OCH3 is 2. The number of rotatable bonds is 7. The van der Waals surface area contributed by atoms with Crippen molar-refractivity contribution in [3.63, 3.8) is 0 Å². The fourth-order valence-corrected chi connectivity index (χ4v) is 2.22. The molecule has 124 valence electrons. The number of hydrogen-bond acceptors (Lipinski definition) is 5. The number of ether oxygens (including phenoxy) is 2. The van der Waals surface area contributed by atoms with E-state index in [0.717, 1.165) is 13.0 Å². The lowest BCUT2D eigenvalue weighted by molar-refractivity contribution is 0.238. The Hall–Kier alpha value is -2.35. The van der Waals surface area contributed by atoms with E-state index in [2.05, 4.69) is 23.1 Å². The third-order valence-corrected chi connectivity index (χ3v) is 3.60. The van der Waals surface area contributed by atoms with Crippen molar-refractivity contribution in [3.05, 3.63) is 36.9 Å². The predicted octanol–water partition coefficient (Wildman–Crippen LogP) is 2.67. The first kappa shape index (κ1) is 17.0. The number of anilines is 1. The molecule has 0 aliphatic heterocycles. The molecule has 2 amide bonds. The maximum absolute atomic E-state index is 12.1. The highest BCUT2D eigenvalue weighted by molar-refractivity contribution is 7.78. The van der Waals surface area contributed by atoms with Gasteiger partial charge in [0.15, 0.2) is 11.5 Å². The molecule has 2 aromatic rings. The number of imidazole rings is 1. The summed E-state index contributed by atoms with van der Waals surface area (Å²) in [6, 6.07) is 4.87. The van der Waals surface area contributed by atoms with E-state index in [1.807, 2.05) is 10.8 Å². The van der Waals surface area contributed by atoms with Crippen LogP contribution in [0.5, 0.6) is 11.5 Å². The van der Waals surface area contributed by atoms with Gasteiger partial charge in [-0.15, -0.1) is 0 Å². The Morgan fingerprint density at radius 2 is 2.13 bits per heavy atom. The molecule has 0 radical (unpaired) electrons. The van der Waals surface area contributed by atoms with Crippen LogP contribution in [0.2, 0.25) is 0 Å². The third kappa shape index (κ3) is 4.82. The zero-order valence-electron chi connectivity index (χ0n) is 13.1. The minimum Gasteiger partial charge on any atom is -0.493 e. The molecule has 1 aromatic carbocycles. The number of hydrogen-bond donors (Lipinski definition) is 2. The number of thiol groups is 1. The molecule has 0 saturated carbocycles. The summed E-state index contributed by atoms with van der Waals surface area (Å²) < 4.78 is 13.7. The molecule has 0 unspecified atom stereocenters. The van der Waals surface area contributed by atoms with Crippen molar-refractivity contribution in [2.45, 2.75) is 13.0 Å². The van der Waals surface area contributed by atoms with Crippen molar-refractivity contribution in [1.29, 1.82) is 0 Å². The summed E-state index contributed by atoms with van der Waals surface area (Å²) in [7, 11) is 3.11. The molecule has 1 heterocycles. The van der Waals surface area contributed by atoms with Gasteiger partial charge in [-0.25, -0.2) is 9.78 Å². The fraction of sp³-hybridized carbons (Fsp3) is 0.333. The molecule has 0 aliphatic rings. The van der Waals surface area contributed by atoms with Gasteiger partial charge >= 0.3 is 6.03 Å². The normalized spacial score (nSPS) is 10.2. The second kappa shape index (κ2) is 8.33. The quantitative estimate of drug-likeness (QED) is 0.763. The SMILES string of the molecule is COc1ccc(NC(=O)N(S)CCCn2ccnc2)cc1OC. The number of nitrogens with one attached hydrogen (secondary N) is 1. The van der Waals surface area contributed by atoms with E-state index in [-0.39, 0.29) is 6.03 Å². The zero-order valence-corrected chi connectivity index (χ0v) is 14.0. The average molecular weight is 336 g/mol. The topological polar surface area (TPSA) is 68.6 Å². The minimum atomic E-state index is -0.300. The van der Waals surface area contributed by atoms with Crippen LogP contribution in [-0.2, 0) is 6.54 Å². The van der Waals surface area contributed by atoms with Crippen molar-refractivity contribution in [2.24, 2.45) is 0 Å². The Morgan fingerprint density at radius 3 is 2.78 bits per heavy atom. The lowest BCUT2D eigenvalue weighted by atomic mass is 10.3. The summed E-state index contributed by atoms with van der Waals surface area (Å²) in [5.41, 5.74) is 0.612. The molecule has 2 rings (SSSR count). The number of aromatic nitrogens is 2. The summed E-state index contributed by atoms with van der Waals surface area (Å²) in [6.45, 7) is 1.29. The van der Waals surface area contributed by atoms with Crippen molar-refractivity contribution in [2.75, 3.05) is 26.1 Å². The van der Waals surface area contributed by atoms with Gasteiger partial charge in [0.2, 0.25) is 0 Å². The number of aryl methyl sites for hydroxylation is 1. The fourth-order valence-electron chi connectivity index (χ4n) is 2.03. The second-order valence-corrected chi connectivity index (χ2v) is 5.26.